The van der Waals surface area contributed by atoms with Gasteiger partial charge in [0, 0.05) is 12.8 Å². The Morgan fingerprint density at radius 2 is 0.755 bits per heavy atom. The summed E-state index contributed by atoms with van der Waals surface area (Å²) in [6.45, 7) is 10.2. The maximum Gasteiger partial charge on any atom is 0.305 e. The molecule has 0 amide bonds. The Morgan fingerprint density at radius 1 is 0.408 bits per heavy atom. The van der Waals surface area contributed by atoms with Crippen LogP contribution in [0.1, 0.15) is 240 Å². The van der Waals surface area contributed by atoms with Gasteiger partial charge in [-0.25, -0.2) is 0 Å². The van der Waals surface area contributed by atoms with Gasteiger partial charge in [-0.05, 0) is 69.6 Å². The van der Waals surface area contributed by atoms with E-state index in [0.29, 0.717) is 37.9 Å². The first kappa shape index (κ1) is 47.7. The maximum absolute atomic E-state index is 12.5. The lowest BCUT2D eigenvalue weighted by Gasteiger charge is -2.17. The molecule has 0 aromatic carbocycles. The minimum absolute atomic E-state index is 0.00435. The summed E-state index contributed by atoms with van der Waals surface area (Å²) in [5, 5.41) is 0. The molecule has 0 spiro atoms. The fourth-order valence-electron chi connectivity index (χ4n) is 6.74. The second-order valence-corrected chi connectivity index (χ2v) is 15.2. The summed E-state index contributed by atoms with van der Waals surface area (Å²) in [5.74, 6) is 0.991. The highest BCUT2D eigenvalue weighted by Crippen LogP contribution is 2.21. The van der Waals surface area contributed by atoms with E-state index in [-0.39, 0.29) is 11.9 Å². The monoisotopic (exact) mass is 691 g/mol. The largest absolute Gasteiger partial charge is 0.465 e. The fraction of sp³-hybridized carbons (Fsp3) is 0.911. The third-order valence-electron chi connectivity index (χ3n) is 10.4. The van der Waals surface area contributed by atoms with E-state index < -0.39 is 0 Å². The van der Waals surface area contributed by atoms with Crippen molar-refractivity contribution in [3.05, 3.63) is 12.2 Å². The van der Waals surface area contributed by atoms with Gasteiger partial charge in [0.25, 0.3) is 0 Å². The van der Waals surface area contributed by atoms with Crippen molar-refractivity contribution >= 4 is 11.9 Å². The van der Waals surface area contributed by atoms with Crippen LogP contribution in [0.3, 0.4) is 0 Å². The average Bonchev–Trinajstić information content (AvgIpc) is 3.11. The van der Waals surface area contributed by atoms with Gasteiger partial charge in [-0.15, -0.1) is 0 Å². The van der Waals surface area contributed by atoms with E-state index in [4.69, 9.17) is 9.47 Å². The minimum Gasteiger partial charge on any atom is -0.465 e. The van der Waals surface area contributed by atoms with Crippen molar-refractivity contribution in [1.82, 2.24) is 0 Å². The lowest BCUT2D eigenvalue weighted by Crippen LogP contribution is -2.14. The summed E-state index contributed by atoms with van der Waals surface area (Å²) >= 11 is 0. The molecule has 0 rings (SSSR count). The van der Waals surface area contributed by atoms with Gasteiger partial charge < -0.3 is 9.47 Å². The molecule has 0 saturated carbocycles. The predicted molar refractivity (Wildman–Crippen MR) is 213 cm³/mol. The summed E-state index contributed by atoms with van der Waals surface area (Å²) in [4.78, 5) is 24.7. The van der Waals surface area contributed by atoms with Crippen molar-refractivity contribution in [3.63, 3.8) is 0 Å². The van der Waals surface area contributed by atoms with E-state index in [9.17, 15) is 9.59 Å². The van der Waals surface area contributed by atoms with Gasteiger partial charge in [0.15, 0.2) is 0 Å². The van der Waals surface area contributed by atoms with Crippen molar-refractivity contribution in [2.45, 2.75) is 240 Å². The molecule has 0 aromatic rings. The number of allylic oxidation sites excluding steroid dienone is 2. The van der Waals surface area contributed by atoms with Crippen LogP contribution in [0.15, 0.2) is 12.2 Å². The Hall–Kier alpha value is -1.32. The highest BCUT2D eigenvalue weighted by molar-refractivity contribution is 5.69. The zero-order chi connectivity index (χ0) is 35.9. The van der Waals surface area contributed by atoms with Crippen molar-refractivity contribution in [2.75, 3.05) is 13.2 Å². The number of hydrogen-bond donors (Lipinski definition) is 0. The first-order chi connectivity index (χ1) is 24.1. The molecule has 0 bridgehead atoms. The standard InChI is InChI=1S/C45H86O4/c1-5-9-12-14-16-17-18-19-20-21-22-23-25-29-33-39-45(47)49-41-43(36-31-27-24-15-13-10-6-2)37-32-28-26-30-34-38-44(46)48-40-42(8-4)35-11-7-3/h19-20,42-43H,5-18,21-41H2,1-4H3/b20-19-. The van der Waals surface area contributed by atoms with Crippen molar-refractivity contribution in [2.24, 2.45) is 11.8 Å². The molecule has 4 heteroatoms. The number of esters is 2. The van der Waals surface area contributed by atoms with Crippen molar-refractivity contribution < 1.29 is 19.1 Å². The minimum atomic E-state index is -0.0201. The SMILES string of the molecule is CCCCCCCC/C=C\CCCCCCCC(=O)OCC(CCCCCCCCC)CCCCCCCC(=O)OCC(CC)CCCC. The number of carbonyl (C=O) groups excluding carboxylic acids is 2. The first-order valence-corrected chi connectivity index (χ1v) is 22.0. The van der Waals surface area contributed by atoms with Crippen molar-refractivity contribution in [1.29, 1.82) is 0 Å². The van der Waals surface area contributed by atoms with Gasteiger partial charge in [-0.1, -0.05) is 181 Å². The van der Waals surface area contributed by atoms with E-state index in [1.807, 2.05) is 0 Å². The Kier molecular flexibility index (Phi) is 38.4. The molecular formula is C45H86O4. The van der Waals surface area contributed by atoms with Crippen LogP contribution in [0.5, 0.6) is 0 Å². The number of unbranched alkanes of at least 4 members (excludes halogenated alkanes) is 22. The first-order valence-electron chi connectivity index (χ1n) is 22.0. The summed E-state index contributed by atoms with van der Waals surface area (Å²) < 4.78 is 11.4. The zero-order valence-electron chi connectivity index (χ0n) is 33.7. The molecule has 290 valence electrons. The van der Waals surface area contributed by atoms with Crippen LogP contribution in [-0.2, 0) is 19.1 Å². The van der Waals surface area contributed by atoms with Gasteiger partial charge in [-0.2, -0.15) is 0 Å². The van der Waals surface area contributed by atoms with Crippen LogP contribution in [0.25, 0.3) is 0 Å². The molecule has 0 aliphatic rings. The van der Waals surface area contributed by atoms with Crippen LogP contribution >= 0.6 is 0 Å². The number of ether oxygens (including phenoxy) is 2. The molecule has 4 nitrogen and oxygen atoms in total. The Balaban J connectivity index is 4.09. The van der Waals surface area contributed by atoms with Crippen LogP contribution in [-0.4, -0.2) is 25.2 Å². The molecule has 0 N–H and O–H groups in total. The molecule has 2 atom stereocenters. The van der Waals surface area contributed by atoms with Gasteiger partial charge >= 0.3 is 11.9 Å². The molecule has 0 saturated heterocycles. The maximum atomic E-state index is 12.5. The fourth-order valence-corrected chi connectivity index (χ4v) is 6.74. The van der Waals surface area contributed by atoms with Crippen molar-refractivity contribution in [3.8, 4) is 0 Å². The van der Waals surface area contributed by atoms with E-state index in [1.54, 1.807) is 0 Å². The summed E-state index contributed by atoms with van der Waals surface area (Å²) in [5.41, 5.74) is 0. The molecule has 49 heavy (non-hydrogen) atoms. The summed E-state index contributed by atoms with van der Waals surface area (Å²) in [6, 6.07) is 0. The molecule has 0 radical (unpaired) electrons. The van der Waals surface area contributed by atoms with E-state index in [1.165, 1.54) is 154 Å². The number of carbonyl (C=O) groups is 2. The van der Waals surface area contributed by atoms with Gasteiger partial charge in [0.2, 0.25) is 0 Å². The van der Waals surface area contributed by atoms with Crippen LogP contribution < -0.4 is 0 Å². The van der Waals surface area contributed by atoms with Crippen LogP contribution in [0.2, 0.25) is 0 Å². The smallest absolute Gasteiger partial charge is 0.305 e. The molecule has 2 unspecified atom stereocenters. The predicted octanol–water partition coefficient (Wildman–Crippen LogP) is 14.8. The zero-order valence-corrected chi connectivity index (χ0v) is 33.7. The third-order valence-corrected chi connectivity index (χ3v) is 10.4. The highest BCUT2D eigenvalue weighted by Gasteiger charge is 2.13. The molecule has 0 heterocycles. The van der Waals surface area contributed by atoms with E-state index in [0.717, 1.165) is 44.9 Å². The van der Waals surface area contributed by atoms with Crippen LogP contribution in [0, 0.1) is 11.8 Å². The number of rotatable bonds is 39. The second-order valence-electron chi connectivity index (χ2n) is 15.2. The Labute approximate surface area is 307 Å². The second kappa shape index (κ2) is 39.5. The van der Waals surface area contributed by atoms with Gasteiger partial charge in [-0.3, -0.25) is 9.59 Å². The van der Waals surface area contributed by atoms with Gasteiger partial charge in [0.1, 0.15) is 0 Å². The summed E-state index contributed by atoms with van der Waals surface area (Å²) in [6.07, 6.45) is 44.3. The quantitative estimate of drug-likeness (QED) is 0.0366. The third kappa shape index (κ3) is 36.3. The number of hydrogen-bond acceptors (Lipinski definition) is 4. The molecule has 0 aromatic heterocycles. The van der Waals surface area contributed by atoms with E-state index >= 15 is 0 Å². The van der Waals surface area contributed by atoms with Crippen LogP contribution in [0.4, 0.5) is 0 Å². The molecule has 0 fully saturated rings. The lowest BCUT2D eigenvalue weighted by atomic mass is 9.94. The Bertz CT molecular complexity index is 717. The molecular weight excluding hydrogens is 604 g/mol. The lowest BCUT2D eigenvalue weighted by molar-refractivity contribution is -0.146. The van der Waals surface area contributed by atoms with Gasteiger partial charge in [0.05, 0.1) is 13.2 Å². The highest BCUT2D eigenvalue weighted by atomic mass is 16.5. The Morgan fingerprint density at radius 3 is 1.18 bits per heavy atom. The average molecular weight is 691 g/mol. The molecule has 0 aliphatic carbocycles. The summed E-state index contributed by atoms with van der Waals surface area (Å²) in [7, 11) is 0. The molecule has 0 aliphatic heterocycles. The normalized spacial score (nSPS) is 12.8. The van der Waals surface area contributed by atoms with E-state index in [2.05, 4.69) is 39.8 Å². The topological polar surface area (TPSA) is 52.6 Å².